The molecule has 6 heteroatoms. The minimum Gasteiger partial charge on any atom is -0.348 e. The van der Waals surface area contributed by atoms with E-state index in [9.17, 15) is 13.2 Å². The van der Waals surface area contributed by atoms with Gasteiger partial charge in [-0.15, -0.1) is 0 Å². The molecule has 3 aromatic carbocycles. The van der Waals surface area contributed by atoms with Crippen molar-refractivity contribution < 1.29 is 13.2 Å². The number of hydrogen-bond donors (Lipinski definition) is 1. The van der Waals surface area contributed by atoms with Crippen LogP contribution in [0.4, 0.5) is 5.69 Å². The van der Waals surface area contributed by atoms with Crippen molar-refractivity contribution in [3.8, 4) is 0 Å². The fourth-order valence-electron chi connectivity index (χ4n) is 2.80. The average molecular weight is 394 g/mol. The Balaban J connectivity index is 1.72. The minimum atomic E-state index is -3.69. The van der Waals surface area contributed by atoms with Gasteiger partial charge in [0.2, 0.25) is 0 Å². The largest absolute Gasteiger partial charge is 0.348 e. The second kappa shape index (κ2) is 8.27. The topological polar surface area (TPSA) is 66.5 Å². The molecular weight excluding hydrogens is 372 g/mol. The third-order valence-corrected chi connectivity index (χ3v) is 6.40. The summed E-state index contributed by atoms with van der Waals surface area (Å²) >= 11 is 0. The number of sulfonamides is 1. The first-order chi connectivity index (χ1) is 13.4. The maximum absolute atomic E-state index is 12.8. The van der Waals surface area contributed by atoms with Crippen molar-refractivity contribution >= 4 is 21.6 Å². The van der Waals surface area contributed by atoms with Crippen LogP contribution in [0.1, 0.15) is 21.5 Å². The fourth-order valence-corrected chi connectivity index (χ4v) is 3.99. The number of nitrogens with zero attached hydrogens (tertiary/aromatic N) is 1. The summed E-state index contributed by atoms with van der Waals surface area (Å²) in [6.45, 7) is 2.41. The van der Waals surface area contributed by atoms with Gasteiger partial charge in [0.25, 0.3) is 15.9 Å². The van der Waals surface area contributed by atoms with Crippen molar-refractivity contribution in [1.29, 1.82) is 0 Å². The molecule has 0 atom stereocenters. The smallest absolute Gasteiger partial charge is 0.264 e. The summed E-state index contributed by atoms with van der Waals surface area (Å²) in [5, 5.41) is 2.86. The van der Waals surface area contributed by atoms with E-state index in [1.165, 1.54) is 35.6 Å². The lowest BCUT2D eigenvalue weighted by atomic mass is 10.1. The minimum absolute atomic E-state index is 0.134. The molecule has 0 aliphatic heterocycles. The van der Waals surface area contributed by atoms with Crippen LogP contribution in [0.5, 0.6) is 0 Å². The van der Waals surface area contributed by atoms with Gasteiger partial charge in [-0.05, 0) is 54.4 Å². The molecule has 144 valence electrons. The Morgan fingerprint density at radius 3 is 2.14 bits per heavy atom. The summed E-state index contributed by atoms with van der Waals surface area (Å²) in [7, 11) is -2.19. The number of carbonyl (C=O) groups excluding carboxylic acids is 1. The zero-order valence-electron chi connectivity index (χ0n) is 15.8. The molecule has 3 rings (SSSR count). The van der Waals surface area contributed by atoms with Gasteiger partial charge >= 0.3 is 0 Å². The molecule has 0 saturated carbocycles. The predicted octanol–water partition coefficient (Wildman–Crippen LogP) is 3.75. The van der Waals surface area contributed by atoms with Crippen molar-refractivity contribution in [3.05, 3.63) is 95.6 Å². The monoisotopic (exact) mass is 394 g/mol. The summed E-state index contributed by atoms with van der Waals surface area (Å²) in [6.07, 6.45) is 0. The first-order valence-electron chi connectivity index (χ1n) is 8.86. The van der Waals surface area contributed by atoms with E-state index in [2.05, 4.69) is 5.32 Å². The number of nitrogens with one attached hydrogen (secondary N) is 1. The molecule has 0 bridgehead atoms. The number of rotatable bonds is 6. The van der Waals surface area contributed by atoms with Crippen LogP contribution in [0, 0.1) is 6.92 Å². The van der Waals surface area contributed by atoms with E-state index >= 15 is 0 Å². The lowest BCUT2D eigenvalue weighted by Gasteiger charge is -2.19. The SMILES string of the molecule is Cc1ccccc1CNC(=O)c1ccc(S(=O)(=O)N(C)c2ccccc2)cc1. The second-order valence-electron chi connectivity index (χ2n) is 6.44. The summed E-state index contributed by atoms with van der Waals surface area (Å²) in [6, 6.07) is 22.6. The Morgan fingerprint density at radius 2 is 1.50 bits per heavy atom. The highest BCUT2D eigenvalue weighted by Gasteiger charge is 2.21. The third-order valence-electron chi connectivity index (χ3n) is 4.60. The van der Waals surface area contributed by atoms with Crippen LogP contribution in [0.3, 0.4) is 0 Å². The van der Waals surface area contributed by atoms with Crippen LogP contribution < -0.4 is 9.62 Å². The van der Waals surface area contributed by atoms with E-state index < -0.39 is 10.0 Å². The zero-order valence-corrected chi connectivity index (χ0v) is 16.6. The van der Waals surface area contributed by atoms with E-state index in [0.29, 0.717) is 17.8 Å². The molecule has 0 heterocycles. The fraction of sp³-hybridized carbons (Fsp3) is 0.136. The highest BCUT2D eigenvalue weighted by atomic mass is 32.2. The normalized spacial score (nSPS) is 11.1. The summed E-state index contributed by atoms with van der Waals surface area (Å²) in [5.41, 5.74) is 3.13. The molecule has 0 aliphatic rings. The van der Waals surface area contributed by atoms with Crippen molar-refractivity contribution in [2.45, 2.75) is 18.4 Å². The first kappa shape index (κ1) is 19.6. The molecule has 3 aromatic rings. The first-order valence-corrected chi connectivity index (χ1v) is 10.3. The maximum Gasteiger partial charge on any atom is 0.264 e. The van der Waals surface area contributed by atoms with E-state index in [4.69, 9.17) is 0 Å². The number of aryl methyl sites for hydroxylation is 1. The van der Waals surface area contributed by atoms with Crippen LogP contribution in [0.15, 0.2) is 83.8 Å². The van der Waals surface area contributed by atoms with E-state index in [1.807, 2.05) is 37.3 Å². The van der Waals surface area contributed by atoms with Crippen molar-refractivity contribution in [1.82, 2.24) is 5.32 Å². The van der Waals surface area contributed by atoms with Crippen LogP contribution in [-0.2, 0) is 16.6 Å². The van der Waals surface area contributed by atoms with Gasteiger partial charge in [-0.25, -0.2) is 8.42 Å². The van der Waals surface area contributed by atoms with Crippen LogP contribution in [0.25, 0.3) is 0 Å². The molecule has 0 aliphatic carbocycles. The number of para-hydroxylation sites is 1. The number of hydrogen-bond acceptors (Lipinski definition) is 3. The average Bonchev–Trinajstić information content (AvgIpc) is 2.73. The maximum atomic E-state index is 12.8. The summed E-state index contributed by atoms with van der Waals surface area (Å²) in [5.74, 6) is -0.247. The quantitative estimate of drug-likeness (QED) is 0.692. The van der Waals surface area contributed by atoms with Crippen molar-refractivity contribution in [2.75, 3.05) is 11.4 Å². The van der Waals surface area contributed by atoms with Gasteiger partial charge in [0.1, 0.15) is 0 Å². The Kier molecular flexibility index (Phi) is 5.80. The highest BCUT2D eigenvalue weighted by Crippen LogP contribution is 2.22. The Labute approximate surface area is 165 Å². The van der Waals surface area contributed by atoms with Crippen LogP contribution >= 0.6 is 0 Å². The van der Waals surface area contributed by atoms with E-state index in [1.54, 1.807) is 24.3 Å². The van der Waals surface area contributed by atoms with Crippen LogP contribution in [0.2, 0.25) is 0 Å². The molecule has 1 amide bonds. The summed E-state index contributed by atoms with van der Waals surface area (Å²) < 4.78 is 26.8. The second-order valence-corrected chi connectivity index (χ2v) is 8.41. The van der Waals surface area contributed by atoms with Gasteiger partial charge in [-0.1, -0.05) is 42.5 Å². The molecule has 28 heavy (non-hydrogen) atoms. The lowest BCUT2D eigenvalue weighted by Crippen LogP contribution is -2.27. The predicted molar refractivity (Wildman–Crippen MR) is 111 cm³/mol. The standard InChI is InChI=1S/C22H22N2O3S/c1-17-8-6-7-9-19(17)16-23-22(25)18-12-14-21(15-13-18)28(26,27)24(2)20-10-4-3-5-11-20/h3-15H,16H2,1-2H3,(H,23,25). The zero-order chi connectivity index (χ0) is 20.1. The molecule has 0 aromatic heterocycles. The van der Waals surface area contributed by atoms with Gasteiger partial charge in [0.05, 0.1) is 10.6 Å². The van der Waals surface area contributed by atoms with Gasteiger partial charge < -0.3 is 5.32 Å². The van der Waals surface area contributed by atoms with Crippen LogP contribution in [-0.4, -0.2) is 21.4 Å². The third kappa shape index (κ3) is 4.23. The lowest BCUT2D eigenvalue weighted by molar-refractivity contribution is 0.0951. The molecular formula is C22H22N2O3S. The Morgan fingerprint density at radius 1 is 0.893 bits per heavy atom. The van der Waals surface area contributed by atoms with Gasteiger partial charge in [-0.3, -0.25) is 9.10 Å². The summed E-state index contributed by atoms with van der Waals surface area (Å²) in [4.78, 5) is 12.5. The number of benzene rings is 3. The molecule has 5 nitrogen and oxygen atoms in total. The van der Waals surface area contributed by atoms with Crippen molar-refractivity contribution in [3.63, 3.8) is 0 Å². The Bertz CT molecular complexity index is 1060. The molecule has 0 radical (unpaired) electrons. The Hall–Kier alpha value is -3.12. The molecule has 0 spiro atoms. The molecule has 0 saturated heterocycles. The molecule has 0 fully saturated rings. The van der Waals surface area contributed by atoms with E-state index in [-0.39, 0.29) is 10.8 Å². The van der Waals surface area contributed by atoms with Gasteiger partial charge in [0.15, 0.2) is 0 Å². The number of anilines is 1. The van der Waals surface area contributed by atoms with Gasteiger partial charge in [0, 0.05) is 19.2 Å². The number of carbonyl (C=O) groups is 1. The van der Waals surface area contributed by atoms with Crippen molar-refractivity contribution in [2.24, 2.45) is 0 Å². The molecule has 1 N–H and O–H groups in total. The van der Waals surface area contributed by atoms with E-state index in [0.717, 1.165) is 11.1 Å². The van der Waals surface area contributed by atoms with Gasteiger partial charge in [-0.2, -0.15) is 0 Å². The number of amides is 1. The molecule has 0 unspecified atom stereocenters. The highest BCUT2D eigenvalue weighted by molar-refractivity contribution is 7.92.